The van der Waals surface area contributed by atoms with Crippen LogP contribution in [0.5, 0.6) is 0 Å². The molecule has 0 radical (unpaired) electrons. The Morgan fingerprint density at radius 2 is 2.16 bits per heavy atom. The number of nitrogens with zero attached hydrogens (tertiary/aromatic N) is 1. The van der Waals surface area contributed by atoms with Gasteiger partial charge < -0.3 is 5.32 Å². The highest BCUT2D eigenvalue weighted by Gasteiger charge is 2.29. The summed E-state index contributed by atoms with van der Waals surface area (Å²) >= 11 is 1.44. The smallest absolute Gasteiger partial charge is 0.225 e. The topological polar surface area (TPSA) is 52.9 Å². The second-order valence-electron chi connectivity index (χ2n) is 4.14. The van der Waals surface area contributed by atoms with Gasteiger partial charge in [-0.2, -0.15) is 5.26 Å². The number of amides is 1. The van der Waals surface area contributed by atoms with E-state index >= 15 is 0 Å². The third-order valence-corrected chi connectivity index (χ3v) is 3.82. The van der Waals surface area contributed by atoms with Crippen LogP contribution < -0.4 is 5.32 Å². The van der Waals surface area contributed by atoms with Gasteiger partial charge in [0.2, 0.25) is 5.91 Å². The van der Waals surface area contributed by atoms with Crippen molar-refractivity contribution < 1.29 is 9.18 Å². The first-order valence-electron chi connectivity index (χ1n) is 5.98. The van der Waals surface area contributed by atoms with Gasteiger partial charge in [0.25, 0.3) is 0 Å². The van der Waals surface area contributed by atoms with E-state index in [4.69, 9.17) is 0 Å². The summed E-state index contributed by atoms with van der Waals surface area (Å²) in [7, 11) is 0. The Morgan fingerprint density at radius 3 is 2.74 bits per heavy atom. The van der Waals surface area contributed by atoms with Gasteiger partial charge >= 0.3 is 0 Å². The van der Waals surface area contributed by atoms with Crippen LogP contribution in [0.15, 0.2) is 34.9 Å². The van der Waals surface area contributed by atoms with Gasteiger partial charge in [-0.25, -0.2) is 4.39 Å². The van der Waals surface area contributed by atoms with Crippen LogP contribution in [0.25, 0.3) is 0 Å². The van der Waals surface area contributed by atoms with E-state index in [2.05, 4.69) is 11.4 Å². The predicted octanol–water partition coefficient (Wildman–Crippen LogP) is 2.92. The lowest BCUT2D eigenvalue weighted by atomic mass is 9.87. The molecule has 1 aromatic rings. The summed E-state index contributed by atoms with van der Waals surface area (Å²) in [5.74, 6) is 0.0593. The van der Waals surface area contributed by atoms with Crippen LogP contribution in [0.2, 0.25) is 0 Å². The van der Waals surface area contributed by atoms with E-state index < -0.39 is 0 Å². The molecule has 98 valence electrons. The largest absolute Gasteiger partial charge is 0.320 e. The molecule has 1 amide bonds. The molecule has 1 aliphatic rings. The Bertz CT molecular complexity index is 560. The number of nitrogens with one attached hydrogen (secondary N) is 1. The second kappa shape index (κ2) is 5.89. The van der Waals surface area contributed by atoms with Gasteiger partial charge in [-0.3, -0.25) is 4.79 Å². The summed E-state index contributed by atoms with van der Waals surface area (Å²) in [6.07, 6.45) is 0.225. The molecule has 5 heteroatoms. The molecule has 2 rings (SSSR count). The number of benzene rings is 1. The summed E-state index contributed by atoms with van der Waals surface area (Å²) in [5.41, 5.74) is 1.35. The third kappa shape index (κ3) is 2.96. The van der Waals surface area contributed by atoms with Crippen LogP contribution >= 0.6 is 11.8 Å². The fraction of sp³-hybridized carbons (Fsp3) is 0.286. The first kappa shape index (κ1) is 13.6. The fourth-order valence-electron chi connectivity index (χ4n) is 2.06. The average Bonchev–Trinajstić information content (AvgIpc) is 2.39. The van der Waals surface area contributed by atoms with Gasteiger partial charge in [0.05, 0.1) is 16.7 Å². The SMILES string of the molecule is CCSC1=C(C#N)[C@H](c2ccc(F)cc2)CC(=O)N1. The quantitative estimate of drug-likeness (QED) is 0.923. The van der Waals surface area contributed by atoms with E-state index in [-0.39, 0.29) is 24.1 Å². The minimum absolute atomic E-state index is 0.107. The molecule has 0 spiro atoms. The molecule has 0 fully saturated rings. The molecule has 1 atom stereocenters. The minimum atomic E-state index is -0.324. The van der Waals surface area contributed by atoms with E-state index in [0.717, 1.165) is 11.3 Å². The standard InChI is InChI=1S/C14H13FN2OS/c1-2-19-14-12(8-16)11(7-13(18)17-14)9-3-5-10(15)6-4-9/h3-6,11H,2,7H2,1H3,(H,17,18)/t11-/m0/s1. The molecule has 0 aromatic heterocycles. The van der Waals surface area contributed by atoms with Crippen molar-refractivity contribution in [3.8, 4) is 6.07 Å². The van der Waals surface area contributed by atoms with Crippen molar-refractivity contribution in [2.24, 2.45) is 0 Å². The molecular weight excluding hydrogens is 263 g/mol. The van der Waals surface area contributed by atoms with Crippen LogP contribution in [0, 0.1) is 17.1 Å². The van der Waals surface area contributed by atoms with Crippen LogP contribution in [0.3, 0.4) is 0 Å². The van der Waals surface area contributed by atoms with Crippen LogP contribution in [-0.4, -0.2) is 11.7 Å². The Balaban J connectivity index is 2.42. The van der Waals surface area contributed by atoms with Crippen molar-refractivity contribution >= 4 is 17.7 Å². The lowest BCUT2D eigenvalue weighted by molar-refractivity contribution is -0.120. The van der Waals surface area contributed by atoms with Gasteiger partial charge in [-0.15, -0.1) is 11.8 Å². The van der Waals surface area contributed by atoms with Gasteiger partial charge in [0.15, 0.2) is 0 Å². The van der Waals surface area contributed by atoms with E-state index in [1.54, 1.807) is 12.1 Å². The van der Waals surface area contributed by atoms with Gasteiger partial charge in [-0.05, 0) is 23.4 Å². The highest BCUT2D eigenvalue weighted by Crippen LogP contribution is 2.35. The summed E-state index contributed by atoms with van der Waals surface area (Å²) in [6, 6.07) is 8.13. The third-order valence-electron chi connectivity index (χ3n) is 2.92. The summed E-state index contributed by atoms with van der Waals surface area (Å²) in [6.45, 7) is 1.96. The molecule has 0 aliphatic carbocycles. The zero-order valence-electron chi connectivity index (χ0n) is 10.4. The molecule has 19 heavy (non-hydrogen) atoms. The number of allylic oxidation sites excluding steroid dienone is 1. The van der Waals surface area contributed by atoms with E-state index in [1.807, 2.05) is 6.92 Å². The lowest BCUT2D eigenvalue weighted by Gasteiger charge is -2.24. The normalized spacial score (nSPS) is 19.0. The Labute approximate surface area is 115 Å². The van der Waals surface area contributed by atoms with Crippen molar-refractivity contribution in [2.75, 3.05) is 5.75 Å². The molecule has 0 bridgehead atoms. The van der Waals surface area contributed by atoms with Crippen molar-refractivity contribution in [3.05, 3.63) is 46.2 Å². The van der Waals surface area contributed by atoms with Gasteiger partial charge in [0, 0.05) is 12.3 Å². The molecule has 3 nitrogen and oxygen atoms in total. The molecule has 0 unspecified atom stereocenters. The number of carbonyl (C=O) groups is 1. The lowest BCUT2D eigenvalue weighted by Crippen LogP contribution is -2.30. The Kier molecular flexibility index (Phi) is 4.23. The van der Waals surface area contributed by atoms with E-state index in [9.17, 15) is 14.4 Å². The molecule has 0 saturated carbocycles. The zero-order valence-corrected chi connectivity index (χ0v) is 11.3. The number of thioether (sulfide) groups is 1. The first-order valence-corrected chi connectivity index (χ1v) is 6.96. The summed E-state index contributed by atoms with van der Waals surface area (Å²) < 4.78 is 12.9. The van der Waals surface area contributed by atoms with Crippen molar-refractivity contribution in [2.45, 2.75) is 19.3 Å². The van der Waals surface area contributed by atoms with E-state index in [1.165, 1.54) is 23.9 Å². The molecule has 0 saturated heterocycles. The number of hydrogen-bond donors (Lipinski definition) is 1. The average molecular weight is 276 g/mol. The molecule has 1 N–H and O–H groups in total. The van der Waals surface area contributed by atoms with Crippen LogP contribution in [0.1, 0.15) is 24.8 Å². The van der Waals surface area contributed by atoms with Gasteiger partial charge in [0.1, 0.15) is 5.82 Å². The van der Waals surface area contributed by atoms with Gasteiger partial charge in [-0.1, -0.05) is 19.1 Å². The maximum Gasteiger partial charge on any atom is 0.225 e. The maximum absolute atomic E-state index is 12.9. The minimum Gasteiger partial charge on any atom is -0.320 e. The second-order valence-corrected chi connectivity index (χ2v) is 5.42. The van der Waals surface area contributed by atoms with Crippen molar-refractivity contribution in [1.29, 1.82) is 5.26 Å². The van der Waals surface area contributed by atoms with E-state index in [0.29, 0.717) is 10.6 Å². The monoisotopic (exact) mass is 276 g/mol. The molecule has 1 aromatic carbocycles. The number of halogens is 1. The highest BCUT2D eigenvalue weighted by molar-refractivity contribution is 8.03. The number of nitriles is 1. The van der Waals surface area contributed by atoms with Crippen molar-refractivity contribution in [1.82, 2.24) is 5.32 Å². The predicted molar refractivity (Wildman–Crippen MR) is 72.7 cm³/mol. The fourth-order valence-corrected chi connectivity index (χ4v) is 2.88. The molecule has 1 aliphatic heterocycles. The number of rotatable bonds is 3. The summed E-state index contributed by atoms with van der Waals surface area (Å²) in [4.78, 5) is 11.7. The number of carbonyl (C=O) groups excluding carboxylic acids is 1. The van der Waals surface area contributed by atoms with Crippen LogP contribution in [0.4, 0.5) is 4.39 Å². The first-order chi connectivity index (χ1) is 9.15. The van der Waals surface area contributed by atoms with Crippen molar-refractivity contribution in [3.63, 3.8) is 0 Å². The Hall–Kier alpha value is -1.80. The van der Waals surface area contributed by atoms with Crippen LogP contribution in [-0.2, 0) is 4.79 Å². The Morgan fingerprint density at radius 1 is 1.47 bits per heavy atom. The number of hydrogen-bond acceptors (Lipinski definition) is 3. The molecular formula is C14H13FN2OS. The zero-order chi connectivity index (χ0) is 13.8. The maximum atomic E-state index is 12.9. The highest BCUT2D eigenvalue weighted by atomic mass is 32.2. The molecule has 1 heterocycles. The summed E-state index contributed by atoms with van der Waals surface area (Å²) in [5, 5.41) is 12.7.